The van der Waals surface area contributed by atoms with Crippen LogP contribution in [-0.4, -0.2) is 226 Å². The van der Waals surface area contributed by atoms with E-state index < -0.39 is 109 Å². The largest absolute Gasteiger partial charge is 0.495 e. The van der Waals surface area contributed by atoms with Crippen LogP contribution in [0.25, 0.3) is 11.1 Å². The number of aryl methyl sites for hydroxylation is 2. The van der Waals surface area contributed by atoms with Gasteiger partial charge in [-0.2, -0.15) is 26.3 Å². The molecule has 9 heterocycles. The Morgan fingerprint density at radius 1 is 0.516 bits per heavy atom. The highest BCUT2D eigenvalue weighted by Crippen LogP contribution is 2.39. The zero-order valence-corrected chi connectivity index (χ0v) is 76.2. The van der Waals surface area contributed by atoms with E-state index in [2.05, 4.69) is 80.9 Å². The lowest BCUT2D eigenvalue weighted by Gasteiger charge is -2.32. The van der Waals surface area contributed by atoms with Crippen LogP contribution in [0.15, 0.2) is 72.8 Å². The van der Waals surface area contributed by atoms with Crippen molar-refractivity contribution in [1.29, 1.82) is 0 Å². The zero-order valence-electron chi connectivity index (χ0n) is 73.9. The monoisotopic (exact) mass is 1790 g/mol. The molecule has 3 unspecified atom stereocenters. The number of likely N-dealkylation sites (tertiary alicyclic amines) is 2. The van der Waals surface area contributed by atoms with Crippen LogP contribution < -0.4 is 46.7 Å². The highest BCUT2D eigenvalue weighted by atomic mass is 35.5. The molecule has 5 N–H and O–H groups in total. The third-order valence-corrected chi connectivity index (χ3v) is 20.3. The molecule has 0 bridgehead atoms. The molecule has 11 rings (SSSR count). The molecule has 0 spiro atoms. The Hall–Kier alpha value is -9.37. The van der Waals surface area contributed by atoms with Crippen molar-refractivity contribution in [3.05, 3.63) is 111 Å². The summed E-state index contributed by atoms with van der Waals surface area (Å²) in [7, 11) is -0.556. The second-order valence-corrected chi connectivity index (χ2v) is 35.9. The number of urea groups is 2. The van der Waals surface area contributed by atoms with Gasteiger partial charge in [-0.1, -0.05) is 70.3 Å². The highest BCUT2D eigenvalue weighted by Gasteiger charge is 2.52. The summed E-state index contributed by atoms with van der Waals surface area (Å²) in [5.41, 5.74) is 3.96. The van der Waals surface area contributed by atoms with Gasteiger partial charge in [0.25, 0.3) is 0 Å². The number of amides is 7. The second kappa shape index (κ2) is 45.2. The van der Waals surface area contributed by atoms with Crippen molar-refractivity contribution in [2.75, 3.05) is 130 Å². The van der Waals surface area contributed by atoms with Crippen LogP contribution in [-0.2, 0) is 37.7 Å². The van der Waals surface area contributed by atoms with E-state index in [1.54, 1.807) is 92.6 Å². The van der Waals surface area contributed by atoms with Gasteiger partial charge in [-0.15, -0.1) is 6.42 Å². The summed E-state index contributed by atoms with van der Waals surface area (Å²) < 4.78 is 120. The number of alkyl halides is 6. The Labute approximate surface area is 740 Å². The number of nitrogens with one attached hydrogen (secondary N) is 5. The number of benzene rings is 2. The molecule has 5 aromatic rings. The lowest BCUT2D eigenvalue weighted by Crippen LogP contribution is -2.41. The van der Waals surface area contributed by atoms with Crippen LogP contribution in [0.3, 0.4) is 0 Å². The first kappa shape index (κ1) is 102. The van der Waals surface area contributed by atoms with E-state index in [1.807, 2.05) is 105 Å². The van der Waals surface area contributed by atoms with Gasteiger partial charge in [-0.3, -0.25) is 0 Å². The van der Waals surface area contributed by atoms with Crippen LogP contribution >= 0.6 is 34.8 Å². The smallest absolute Gasteiger partial charge is 0.444 e. The molecule has 3 aromatic heterocycles. The summed E-state index contributed by atoms with van der Waals surface area (Å²) in [6.45, 7) is 42.5. The first-order valence-electron chi connectivity index (χ1n) is 41.1. The van der Waals surface area contributed by atoms with Crippen molar-refractivity contribution in [3.63, 3.8) is 0 Å². The molecule has 124 heavy (non-hydrogen) atoms. The molecule has 6 aliphatic heterocycles. The van der Waals surface area contributed by atoms with Crippen molar-refractivity contribution >= 4 is 107 Å². The van der Waals surface area contributed by atoms with E-state index in [4.69, 9.17) is 83.9 Å². The van der Waals surface area contributed by atoms with Gasteiger partial charge in [0.2, 0.25) is 0 Å². The molecular weight excluding hydrogens is 1680 g/mol. The Balaban J connectivity index is 0.000000229. The number of hydrogen-bond donors (Lipinski definition) is 5. The average Bonchev–Trinajstić information content (AvgIpc) is 1.61. The summed E-state index contributed by atoms with van der Waals surface area (Å²) in [6, 6.07) is 19.8. The Kier molecular flexibility index (Phi) is 37.1. The number of ether oxygens (including phenoxy) is 6. The van der Waals surface area contributed by atoms with Gasteiger partial charge in [-0.05, 0) is 244 Å². The minimum Gasteiger partial charge on any atom is -0.444 e. The van der Waals surface area contributed by atoms with Gasteiger partial charge < -0.3 is 88.8 Å². The maximum Gasteiger partial charge on any atom is 0.495 e. The van der Waals surface area contributed by atoms with Gasteiger partial charge in [0.1, 0.15) is 50.8 Å². The fourth-order valence-electron chi connectivity index (χ4n) is 12.9. The van der Waals surface area contributed by atoms with Crippen molar-refractivity contribution in [2.45, 2.75) is 209 Å². The zero-order chi connectivity index (χ0) is 91.9. The van der Waals surface area contributed by atoms with Gasteiger partial charge in [0.15, 0.2) is 0 Å². The molecular formula is C88H117BCl3F6N13O13. The number of hydrogen-bond acceptors (Lipinski definition) is 19. The SMILES string of the molecule is C#CC(C)NC(=O)OC(C)(C)C.CC(C#Cc1cc(Cl)cc(N2CCOCC2)n1)NC(=O)OC(C)(C)C.Cc1ccc(NC(=O)N2CC[C@@H](CC(F)(F)F)C2)cc1-c1cc(C#CC(C)NC(=O)OC(C)(C)C)nc(N2CCOCC2)c1.Cc1ccc(NC(=O)N2CC[C@@H](CC(F)(F)F)C2)cc1B1OC(C)(C)C(C)(C)O1.Clc1cc(Cl)nc(N2CCOCC2)c1. The van der Waals surface area contributed by atoms with Crippen molar-refractivity contribution in [3.8, 4) is 47.2 Å². The molecule has 7 amide bonds. The fourth-order valence-corrected chi connectivity index (χ4v) is 13.6. The number of alkyl carbamates (subject to hydrolysis) is 3. The van der Waals surface area contributed by atoms with Gasteiger partial charge in [0.05, 0.1) is 69.0 Å². The molecule has 26 nitrogen and oxygen atoms in total. The molecule has 0 aliphatic carbocycles. The molecule has 5 atom stereocenters. The quantitative estimate of drug-likeness (QED) is 0.0255. The van der Waals surface area contributed by atoms with Gasteiger partial charge in [-0.25, -0.2) is 38.9 Å². The summed E-state index contributed by atoms with van der Waals surface area (Å²) in [5, 5.41) is 15.2. The number of pyridine rings is 3. The number of terminal acetylenes is 1. The van der Waals surface area contributed by atoms with E-state index >= 15 is 0 Å². The minimum atomic E-state index is -4.25. The Morgan fingerprint density at radius 3 is 1.28 bits per heavy atom. The Bertz CT molecular complexity index is 4580. The number of nitrogens with zero attached hydrogens (tertiary/aromatic N) is 8. The molecule has 678 valence electrons. The maximum absolute atomic E-state index is 12.9. The molecule has 6 aliphatic rings. The summed E-state index contributed by atoms with van der Waals surface area (Å²) in [4.78, 5) is 83.1. The van der Waals surface area contributed by atoms with Crippen molar-refractivity contribution < 1.29 is 88.0 Å². The summed E-state index contributed by atoms with van der Waals surface area (Å²) >= 11 is 17.9. The van der Waals surface area contributed by atoms with E-state index in [0.29, 0.717) is 96.9 Å². The van der Waals surface area contributed by atoms with Crippen LogP contribution in [0.4, 0.5) is 79.1 Å². The first-order chi connectivity index (χ1) is 57.7. The number of aromatic nitrogens is 3. The van der Waals surface area contributed by atoms with Crippen molar-refractivity contribution in [2.24, 2.45) is 11.8 Å². The molecule has 0 radical (unpaired) electrons. The predicted molar refractivity (Wildman–Crippen MR) is 472 cm³/mol. The standard InChI is InChI=1S/C32H40F3N5O4.C20H28BF3N2O3.C18H24ClN3O3.C9H10Cl2N2O.C9H15NO2/c1-21-6-8-26(38-29(41)40-11-10-23(20-40)19-32(33,34)35)18-27(21)24-16-25(37-28(17-24)39-12-14-43-15-13-39)9-7-22(2)36-30(42)44-31(3,4)5;1-13-6-7-15(10-16(13)21-28-18(2,3)19(4,5)29-21)25-17(27)26-9-8-14(12-26)11-20(22,23)24;1-13(20-17(23)25-18(2,3)4)5-6-15-11-14(19)12-16(21-15)22-7-9-24-10-8-22;10-7-5-8(11)12-9(6-7)13-1-3-14-4-2-13;1-6-7(2)10-8(11)12-9(3,4)5/h6,8,16-18,22-23H,10-15,19-20H2,1-5H3,(H,36,42)(H,38,41);6-7,10,14H,8-9,11-12H2,1-5H3,(H,25,27);11-13H,7-10H2,1-4H3,(H,20,23);5-6H,1-4H2;1,7H,2-5H3,(H,10,11)/t22?,23-;14-;;;/m00.../s1. The number of morpholine rings is 3. The normalized spacial score (nSPS) is 18.2. The maximum atomic E-state index is 12.9. The average molecular weight is 1800 g/mol. The fraction of sp³-hybridized carbons (Fsp3) is 0.568. The van der Waals surface area contributed by atoms with Gasteiger partial charge >= 0.3 is 49.8 Å². The molecule has 0 saturated carbocycles. The topological polar surface area (TPSA) is 274 Å². The van der Waals surface area contributed by atoms with Crippen LogP contribution in [0.5, 0.6) is 0 Å². The number of carbonyl (C=O) groups excluding carboxylic acids is 5. The number of rotatable bonds is 12. The van der Waals surface area contributed by atoms with Gasteiger partial charge in [0, 0.05) is 99.7 Å². The second-order valence-electron chi connectivity index (χ2n) is 34.6. The summed E-state index contributed by atoms with van der Waals surface area (Å²) in [5.74, 6) is 15.6. The number of anilines is 5. The van der Waals surface area contributed by atoms with Crippen molar-refractivity contribution in [1.82, 2.24) is 40.7 Å². The molecule has 2 aromatic carbocycles. The lowest BCUT2D eigenvalue weighted by atomic mass is 9.76. The minimum absolute atomic E-state index is 0.0700. The Morgan fingerprint density at radius 2 is 0.887 bits per heavy atom. The van der Waals surface area contributed by atoms with E-state index in [9.17, 15) is 50.3 Å². The van der Waals surface area contributed by atoms with Crippen LogP contribution in [0.2, 0.25) is 15.2 Å². The third kappa shape index (κ3) is 35.6. The van der Waals surface area contributed by atoms with E-state index in [1.165, 1.54) is 9.80 Å². The molecule has 36 heteroatoms. The molecule has 6 fully saturated rings. The molecule has 6 saturated heterocycles. The van der Waals surface area contributed by atoms with Crippen LogP contribution in [0.1, 0.15) is 159 Å². The van der Waals surface area contributed by atoms with Crippen LogP contribution in [0, 0.1) is 61.7 Å². The lowest BCUT2D eigenvalue weighted by molar-refractivity contribution is -0.144. The van der Waals surface area contributed by atoms with E-state index in [-0.39, 0.29) is 31.7 Å². The first-order valence-corrected chi connectivity index (χ1v) is 42.2. The summed E-state index contributed by atoms with van der Waals surface area (Å²) in [6.07, 6.45) is -5.98. The third-order valence-electron chi connectivity index (χ3n) is 19.6. The van der Waals surface area contributed by atoms with E-state index in [0.717, 1.165) is 84.6 Å². The number of carbonyl (C=O) groups is 5. The highest BCUT2D eigenvalue weighted by molar-refractivity contribution is 6.62. The number of halogens is 9. The predicted octanol–water partition coefficient (Wildman–Crippen LogP) is 16.7.